The topological polar surface area (TPSA) is 81.6 Å². The van der Waals surface area contributed by atoms with Gasteiger partial charge in [0.1, 0.15) is 6.04 Å². The number of phenols is 2. The molecule has 1 heterocycles. The van der Waals surface area contributed by atoms with E-state index >= 15 is 0 Å². The Balaban J connectivity index is 2.28. The number of rotatable bonds is 1. The Hall–Kier alpha value is -1.75. The number of aromatic hydroxyl groups is 2. The number of hydrogen-bond acceptors (Lipinski definition) is 4. The molecule has 4 N–H and O–H groups in total. The summed E-state index contributed by atoms with van der Waals surface area (Å²) in [5, 5.41) is 24.5. The first-order valence-corrected chi connectivity index (χ1v) is 5.13. The molecular formula is C11H14N2O3. The van der Waals surface area contributed by atoms with Gasteiger partial charge in [-0.2, -0.15) is 0 Å². The Kier molecular flexibility index (Phi) is 2.70. The van der Waals surface area contributed by atoms with Gasteiger partial charge in [-0.3, -0.25) is 10.1 Å². The van der Waals surface area contributed by atoms with Crippen LogP contribution in [0.2, 0.25) is 0 Å². The predicted molar refractivity (Wildman–Crippen MR) is 58.1 cm³/mol. The molecule has 2 atom stereocenters. The van der Waals surface area contributed by atoms with Crippen molar-refractivity contribution < 1.29 is 15.0 Å². The summed E-state index contributed by atoms with van der Waals surface area (Å²) in [5.41, 5.74) is 0.638. The van der Waals surface area contributed by atoms with Crippen molar-refractivity contribution in [2.24, 2.45) is 0 Å². The van der Waals surface area contributed by atoms with Crippen molar-refractivity contribution in [1.29, 1.82) is 0 Å². The van der Waals surface area contributed by atoms with Crippen LogP contribution in [-0.2, 0) is 4.79 Å². The van der Waals surface area contributed by atoms with Crippen molar-refractivity contribution in [3.05, 3.63) is 23.8 Å². The molecule has 86 valence electrons. The molecule has 0 aliphatic carbocycles. The summed E-state index contributed by atoms with van der Waals surface area (Å²) in [6.45, 7) is 2.56. The molecule has 5 nitrogen and oxygen atoms in total. The van der Waals surface area contributed by atoms with E-state index in [1.807, 2.05) is 6.92 Å². The van der Waals surface area contributed by atoms with Crippen LogP contribution in [0.5, 0.6) is 11.5 Å². The summed E-state index contributed by atoms with van der Waals surface area (Å²) >= 11 is 0. The number of phenolic OH excluding ortho intramolecular Hbond substituents is 2. The number of hydrogen-bond donors (Lipinski definition) is 4. The second-order valence-electron chi connectivity index (χ2n) is 3.99. The van der Waals surface area contributed by atoms with E-state index in [2.05, 4.69) is 10.6 Å². The highest BCUT2D eigenvalue weighted by atomic mass is 16.3. The Bertz CT molecular complexity index is 420. The predicted octanol–water partition coefficient (Wildman–Crippen LogP) is 0.247. The maximum absolute atomic E-state index is 11.6. The third-order valence-corrected chi connectivity index (χ3v) is 2.63. The van der Waals surface area contributed by atoms with E-state index in [0.29, 0.717) is 12.1 Å². The van der Waals surface area contributed by atoms with Crippen molar-refractivity contribution >= 4 is 5.91 Å². The Labute approximate surface area is 93.1 Å². The smallest absolute Gasteiger partial charge is 0.241 e. The number of carbonyl (C=O) groups excluding carboxylic acids is 1. The molecule has 1 fully saturated rings. The lowest BCUT2D eigenvalue weighted by Gasteiger charge is -2.29. The molecule has 0 spiro atoms. The van der Waals surface area contributed by atoms with E-state index in [0.717, 1.165) is 0 Å². The van der Waals surface area contributed by atoms with Crippen LogP contribution in [0.3, 0.4) is 0 Å². The molecule has 16 heavy (non-hydrogen) atoms. The van der Waals surface area contributed by atoms with Crippen LogP contribution in [0.25, 0.3) is 0 Å². The minimum Gasteiger partial charge on any atom is -0.504 e. The van der Waals surface area contributed by atoms with E-state index in [-0.39, 0.29) is 23.4 Å². The third-order valence-electron chi connectivity index (χ3n) is 2.63. The number of nitrogens with one attached hydrogen (secondary N) is 2. The summed E-state index contributed by atoms with van der Waals surface area (Å²) in [4.78, 5) is 11.6. The zero-order valence-corrected chi connectivity index (χ0v) is 8.90. The van der Waals surface area contributed by atoms with Gasteiger partial charge in [0.05, 0.1) is 0 Å². The minimum absolute atomic E-state index is 0.122. The van der Waals surface area contributed by atoms with Crippen molar-refractivity contribution in [2.45, 2.75) is 19.0 Å². The maximum atomic E-state index is 11.6. The van der Waals surface area contributed by atoms with Crippen LogP contribution < -0.4 is 10.6 Å². The van der Waals surface area contributed by atoms with Crippen molar-refractivity contribution in [3.8, 4) is 11.5 Å². The lowest BCUT2D eigenvalue weighted by molar-refractivity contribution is -0.125. The minimum atomic E-state index is -0.477. The van der Waals surface area contributed by atoms with Crippen molar-refractivity contribution in [2.75, 3.05) is 6.54 Å². The fourth-order valence-corrected chi connectivity index (χ4v) is 1.74. The van der Waals surface area contributed by atoms with Gasteiger partial charge >= 0.3 is 0 Å². The van der Waals surface area contributed by atoms with Crippen molar-refractivity contribution in [1.82, 2.24) is 10.6 Å². The van der Waals surface area contributed by atoms with Gasteiger partial charge in [-0.25, -0.2) is 0 Å². The molecule has 0 saturated carbocycles. The van der Waals surface area contributed by atoms with Crippen molar-refractivity contribution in [3.63, 3.8) is 0 Å². The second kappa shape index (κ2) is 4.02. The molecule has 5 heteroatoms. The molecule has 1 amide bonds. The summed E-state index contributed by atoms with van der Waals surface area (Å²) in [6, 6.07) is 4.09. The van der Waals surface area contributed by atoms with Gasteiger partial charge in [0, 0.05) is 12.6 Å². The molecule has 0 aromatic heterocycles. The fraction of sp³-hybridized carbons (Fsp3) is 0.364. The average Bonchev–Trinajstić information content (AvgIpc) is 2.26. The van der Waals surface area contributed by atoms with Crippen LogP contribution in [-0.4, -0.2) is 28.7 Å². The van der Waals surface area contributed by atoms with E-state index < -0.39 is 6.04 Å². The van der Waals surface area contributed by atoms with E-state index in [9.17, 15) is 15.0 Å². The van der Waals surface area contributed by atoms with Gasteiger partial charge in [0.15, 0.2) is 11.5 Å². The highest BCUT2D eigenvalue weighted by Crippen LogP contribution is 2.28. The second-order valence-corrected chi connectivity index (χ2v) is 3.99. The van der Waals surface area contributed by atoms with E-state index in [1.54, 1.807) is 6.07 Å². The lowest BCUT2D eigenvalue weighted by Crippen LogP contribution is -2.52. The molecule has 2 unspecified atom stereocenters. The van der Waals surface area contributed by atoms with Gasteiger partial charge in [-0.05, 0) is 24.6 Å². The van der Waals surface area contributed by atoms with Gasteiger partial charge in [-0.15, -0.1) is 0 Å². The lowest BCUT2D eigenvalue weighted by atomic mass is 10.0. The quantitative estimate of drug-likeness (QED) is 0.513. The number of piperazine rings is 1. The van der Waals surface area contributed by atoms with Crippen LogP contribution in [0, 0.1) is 0 Å². The third kappa shape index (κ3) is 1.94. The largest absolute Gasteiger partial charge is 0.504 e. The molecule has 0 radical (unpaired) electrons. The van der Waals surface area contributed by atoms with Gasteiger partial charge in [0.2, 0.25) is 5.91 Å². The molecule has 1 aliphatic heterocycles. The van der Waals surface area contributed by atoms with Crippen LogP contribution >= 0.6 is 0 Å². The number of amides is 1. The summed E-state index contributed by atoms with van der Waals surface area (Å²) in [6.07, 6.45) is 0. The molecular weight excluding hydrogens is 208 g/mol. The monoisotopic (exact) mass is 222 g/mol. The van der Waals surface area contributed by atoms with E-state index in [1.165, 1.54) is 12.1 Å². The molecule has 1 aromatic carbocycles. The first-order chi connectivity index (χ1) is 7.58. The van der Waals surface area contributed by atoms with Crippen LogP contribution in [0.15, 0.2) is 18.2 Å². The zero-order valence-electron chi connectivity index (χ0n) is 8.90. The maximum Gasteiger partial charge on any atom is 0.241 e. The van der Waals surface area contributed by atoms with Crippen LogP contribution in [0.4, 0.5) is 0 Å². The normalized spacial score (nSPS) is 25.2. The highest BCUT2D eigenvalue weighted by Gasteiger charge is 2.27. The van der Waals surface area contributed by atoms with E-state index in [4.69, 9.17) is 0 Å². The SMILES string of the molecule is CC1CNC(=O)C(c2ccc(O)c(O)c2)N1. The molecule has 1 aromatic rings. The molecule has 1 aliphatic rings. The number of carbonyl (C=O) groups is 1. The fourth-order valence-electron chi connectivity index (χ4n) is 1.74. The Morgan fingerprint density at radius 3 is 2.75 bits per heavy atom. The van der Waals surface area contributed by atoms with Gasteiger partial charge in [0.25, 0.3) is 0 Å². The van der Waals surface area contributed by atoms with Gasteiger partial charge < -0.3 is 15.5 Å². The first-order valence-electron chi connectivity index (χ1n) is 5.13. The number of benzene rings is 1. The first kappa shape index (κ1) is 10.8. The standard InChI is InChI=1S/C11H14N2O3/c1-6-5-12-11(16)10(13-6)7-2-3-8(14)9(15)4-7/h2-4,6,10,13-15H,5H2,1H3,(H,12,16). The Morgan fingerprint density at radius 1 is 1.31 bits per heavy atom. The molecule has 0 bridgehead atoms. The summed E-state index contributed by atoms with van der Waals surface area (Å²) in [5.74, 6) is -0.526. The molecule has 2 rings (SSSR count). The van der Waals surface area contributed by atoms with Crippen LogP contribution in [0.1, 0.15) is 18.5 Å². The molecule has 1 saturated heterocycles. The highest BCUT2D eigenvalue weighted by molar-refractivity contribution is 5.84. The summed E-state index contributed by atoms with van der Waals surface area (Å²) < 4.78 is 0. The van der Waals surface area contributed by atoms with Gasteiger partial charge in [-0.1, -0.05) is 6.07 Å². The Morgan fingerprint density at radius 2 is 2.06 bits per heavy atom. The zero-order chi connectivity index (χ0) is 11.7. The average molecular weight is 222 g/mol. The summed E-state index contributed by atoms with van der Waals surface area (Å²) in [7, 11) is 0.